The zero-order chi connectivity index (χ0) is 16.1. The molecule has 0 amide bonds. The monoisotopic (exact) mass is 311 g/mol. The Hall–Kier alpha value is -2.84. The predicted octanol–water partition coefficient (Wildman–Crippen LogP) is 1.90. The number of alkyl halides is 3. The van der Waals surface area contributed by atoms with Gasteiger partial charge < -0.3 is 4.42 Å². The fourth-order valence-corrected chi connectivity index (χ4v) is 2.11. The summed E-state index contributed by atoms with van der Waals surface area (Å²) in [5, 5.41) is -0.690. The van der Waals surface area contributed by atoms with Crippen molar-refractivity contribution in [2.24, 2.45) is 7.05 Å². The van der Waals surface area contributed by atoms with E-state index in [1.807, 2.05) is 4.98 Å². The number of rotatable bonds is 1. The number of aromatic amines is 1. The molecule has 0 aliphatic carbocycles. The van der Waals surface area contributed by atoms with E-state index in [2.05, 4.69) is 4.98 Å². The van der Waals surface area contributed by atoms with Gasteiger partial charge in [0.25, 0.3) is 5.56 Å². The number of furan rings is 1. The second-order valence-corrected chi connectivity index (χ2v) is 4.55. The number of hydrogen-bond donors (Lipinski definition) is 1. The molecule has 0 saturated carbocycles. The molecule has 0 unspecified atom stereocenters. The highest BCUT2D eigenvalue weighted by Gasteiger charge is 2.35. The first-order chi connectivity index (χ1) is 10.3. The summed E-state index contributed by atoms with van der Waals surface area (Å²) in [6, 6.07) is 3.64. The number of hydrogen-bond acceptors (Lipinski definition) is 4. The Labute approximate surface area is 119 Å². The third-order valence-corrected chi connectivity index (χ3v) is 3.15. The van der Waals surface area contributed by atoms with E-state index >= 15 is 0 Å². The molecule has 0 bridgehead atoms. The lowest BCUT2D eigenvalue weighted by atomic mass is 10.1. The molecule has 0 atom stereocenters. The average molecular weight is 311 g/mol. The van der Waals surface area contributed by atoms with Crippen molar-refractivity contribution >= 4 is 11.0 Å². The molecule has 0 saturated heterocycles. The smallest absolute Gasteiger partial charge is 0.417 e. The van der Waals surface area contributed by atoms with Gasteiger partial charge in [-0.2, -0.15) is 13.2 Å². The maximum atomic E-state index is 13.3. The van der Waals surface area contributed by atoms with Crippen molar-refractivity contribution < 1.29 is 17.6 Å². The Kier molecular flexibility index (Phi) is 2.94. The van der Waals surface area contributed by atoms with Crippen molar-refractivity contribution in [3.63, 3.8) is 0 Å². The molecule has 3 rings (SSSR count). The minimum absolute atomic E-state index is 0.0973. The predicted molar refractivity (Wildman–Crippen MR) is 70.3 cm³/mol. The first-order valence-electron chi connectivity index (χ1n) is 6.04. The summed E-state index contributed by atoms with van der Waals surface area (Å²) in [5.74, 6) is 0.0973. The maximum absolute atomic E-state index is 13.3. The fraction of sp³-hybridized carbons (Fsp3) is 0.154. The SMILES string of the molecule is Cn1c(=O)[nH]c(=O)c2c(C(F)(F)F)cc(-c3ccco3)nc21. The number of aryl methyl sites for hydroxylation is 1. The molecule has 9 heteroatoms. The Morgan fingerprint density at radius 3 is 2.64 bits per heavy atom. The topological polar surface area (TPSA) is 80.9 Å². The number of halogens is 3. The van der Waals surface area contributed by atoms with Gasteiger partial charge in [-0.15, -0.1) is 0 Å². The zero-order valence-electron chi connectivity index (χ0n) is 11.1. The molecule has 0 aromatic carbocycles. The molecule has 6 nitrogen and oxygen atoms in total. The summed E-state index contributed by atoms with van der Waals surface area (Å²) in [6.45, 7) is 0. The zero-order valence-corrected chi connectivity index (χ0v) is 11.1. The van der Waals surface area contributed by atoms with Crippen LogP contribution in [0.2, 0.25) is 0 Å². The van der Waals surface area contributed by atoms with Crippen LogP contribution in [0.4, 0.5) is 13.2 Å². The first-order valence-corrected chi connectivity index (χ1v) is 6.04. The van der Waals surface area contributed by atoms with Crippen molar-refractivity contribution in [3.8, 4) is 11.5 Å². The summed E-state index contributed by atoms with van der Waals surface area (Å²) in [5.41, 5.74) is -3.65. The second-order valence-electron chi connectivity index (χ2n) is 4.55. The Morgan fingerprint density at radius 2 is 2.05 bits per heavy atom. The van der Waals surface area contributed by atoms with Crippen molar-refractivity contribution in [2.45, 2.75) is 6.18 Å². The molecule has 0 aliphatic rings. The Morgan fingerprint density at radius 1 is 1.32 bits per heavy atom. The van der Waals surface area contributed by atoms with E-state index in [-0.39, 0.29) is 17.1 Å². The minimum Gasteiger partial charge on any atom is -0.463 e. The largest absolute Gasteiger partial charge is 0.463 e. The van der Waals surface area contributed by atoms with Gasteiger partial charge in [0, 0.05) is 7.05 Å². The van der Waals surface area contributed by atoms with E-state index in [0.29, 0.717) is 0 Å². The van der Waals surface area contributed by atoms with Crippen LogP contribution < -0.4 is 11.2 Å². The molecular weight excluding hydrogens is 303 g/mol. The summed E-state index contributed by atoms with van der Waals surface area (Å²) in [4.78, 5) is 29.2. The van der Waals surface area contributed by atoms with E-state index in [1.165, 1.54) is 25.4 Å². The van der Waals surface area contributed by atoms with Crippen LogP contribution in [-0.2, 0) is 13.2 Å². The van der Waals surface area contributed by atoms with Gasteiger partial charge in [-0.25, -0.2) is 9.78 Å². The van der Waals surface area contributed by atoms with Gasteiger partial charge in [-0.05, 0) is 18.2 Å². The van der Waals surface area contributed by atoms with Crippen LogP contribution >= 0.6 is 0 Å². The third kappa shape index (κ3) is 2.10. The molecule has 0 spiro atoms. The highest BCUT2D eigenvalue weighted by molar-refractivity contribution is 5.81. The number of nitrogens with one attached hydrogen (secondary N) is 1. The number of H-pyrrole nitrogens is 1. The molecule has 3 aromatic rings. The fourth-order valence-electron chi connectivity index (χ4n) is 2.11. The third-order valence-electron chi connectivity index (χ3n) is 3.15. The number of pyridine rings is 1. The second kappa shape index (κ2) is 4.58. The van der Waals surface area contributed by atoms with Crippen molar-refractivity contribution in [1.29, 1.82) is 0 Å². The lowest BCUT2D eigenvalue weighted by molar-refractivity contribution is -0.136. The van der Waals surface area contributed by atoms with Crippen LogP contribution in [0, 0.1) is 0 Å². The number of nitrogens with zero attached hydrogens (tertiary/aromatic N) is 2. The minimum atomic E-state index is -4.78. The van der Waals surface area contributed by atoms with Crippen LogP contribution in [0.5, 0.6) is 0 Å². The summed E-state index contributed by atoms with van der Waals surface area (Å²) in [7, 11) is 1.22. The maximum Gasteiger partial charge on any atom is 0.417 e. The molecule has 3 heterocycles. The van der Waals surface area contributed by atoms with Crippen LogP contribution in [-0.4, -0.2) is 14.5 Å². The average Bonchev–Trinajstić information content (AvgIpc) is 2.96. The Bertz CT molecular complexity index is 968. The molecule has 0 aliphatic heterocycles. The van der Waals surface area contributed by atoms with E-state index in [1.54, 1.807) is 0 Å². The van der Waals surface area contributed by atoms with Gasteiger partial charge in [0.05, 0.1) is 17.2 Å². The summed E-state index contributed by atoms with van der Waals surface area (Å²) >= 11 is 0. The van der Waals surface area contributed by atoms with E-state index in [4.69, 9.17) is 4.42 Å². The number of aromatic nitrogens is 3. The van der Waals surface area contributed by atoms with Gasteiger partial charge in [0.15, 0.2) is 11.4 Å². The number of fused-ring (bicyclic) bond motifs is 1. The van der Waals surface area contributed by atoms with Crippen LogP contribution in [0.15, 0.2) is 38.5 Å². The highest BCUT2D eigenvalue weighted by Crippen LogP contribution is 2.35. The standard InChI is InChI=1S/C13H8F3N3O3/c1-19-10-9(11(20)18-12(19)21)6(13(14,15)16)5-7(17-10)8-3-2-4-22-8/h2-5H,1H3,(H,18,20,21). The quantitative estimate of drug-likeness (QED) is 0.744. The molecule has 1 N–H and O–H groups in total. The highest BCUT2D eigenvalue weighted by atomic mass is 19.4. The van der Waals surface area contributed by atoms with Crippen molar-refractivity contribution in [3.05, 3.63) is 50.9 Å². The van der Waals surface area contributed by atoms with Crippen LogP contribution in [0.25, 0.3) is 22.5 Å². The van der Waals surface area contributed by atoms with Gasteiger partial charge in [0.2, 0.25) is 0 Å². The van der Waals surface area contributed by atoms with Gasteiger partial charge in [0.1, 0.15) is 5.69 Å². The van der Waals surface area contributed by atoms with Crippen molar-refractivity contribution in [1.82, 2.24) is 14.5 Å². The lowest BCUT2D eigenvalue weighted by Gasteiger charge is -2.12. The summed E-state index contributed by atoms with van der Waals surface area (Å²) in [6.07, 6.45) is -3.50. The molecule has 0 radical (unpaired) electrons. The van der Waals surface area contributed by atoms with E-state index in [0.717, 1.165) is 10.6 Å². The van der Waals surface area contributed by atoms with E-state index < -0.39 is 28.4 Å². The molecule has 0 fully saturated rings. The van der Waals surface area contributed by atoms with E-state index in [9.17, 15) is 22.8 Å². The van der Waals surface area contributed by atoms with Crippen LogP contribution in [0.1, 0.15) is 5.56 Å². The van der Waals surface area contributed by atoms with Crippen LogP contribution in [0.3, 0.4) is 0 Å². The molecule has 22 heavy (non-hydrogen) atoms. The van der Waals surface area contributed by atoms with Crippen molar-refractivity contribution in [2.75, 3.05) is 0 Å². The molecule has 114 valence electrons. The summed E-state index contributed by atoms with van der Waals surface area (Å²) < 4.78 is 45.6. The van der Waals surface area contributed by atoms with Gasteiger partial charge in [-0.1, -0.05) is 0 Å². The van der Waals surface area contributed by atoms with Gasteiger partial charge >= 0.3 is 11.9 Å². The lowest BCUT2D eigenvalue weighted by Crippen LogP contribution is -2.30. The molecule has 3 aromatic heterocycles. The Balaban J connectivity index is 2.53. The molecular formula is C13H8F3N3O3. The van der Waals surface area contributed by atoms with Gasteiger partial charge in [-0.3, -0.25) is 14.3 Å². The normalized spacial score (nSPS) is 12.0. The first kappa shape index (κ1) is 14.1.